The van der Waals surface area contributed by atoms with Gasteiger partial charge in [0.25, 0.3) is 0 Å². The number of piperazine rings is 1. The van der Waals surface area contributed by atoms with Crippen LogP contribution in [-0.2, 0) is 0 Å². The van der Waals surface area contributed by atoms with E-state index in [9.17, 15) is 0 Å². The highest BCUT2D eigenvalue weighted by molar-refractivity contribution is 7.17. The van der Waals surface area contributed by atoms with Gasteiger partial charge in [-0.1, -0.05) is 0 Å². The lowest BCUT2D eigenvalue weighted by molar-refractivity contribution is 0.249. The molecule has 0 aromatic carbocycles. The fourth-order valence-electron chi connectivity index (χ4n) is 2.30. The molecular formula is C13H18N4S. The fraction of sp³-hybridized carbons (Fsp3) is 0.462. The van der Waals surface area contributed by atoms with Crippen molar-refractivity contribution in [3.05, 3.63) is 23.7 Å². The highest BCUT2D eigenvalue weighted by Gasteiger charge is 2.09. The Morgan fingerprint density at radius 2 is 2.22 bits per heavy atom. The van der Waals surface area contributed by atoms with Crippen LogP contribution in [0.1, 0.15) is 0 Å². The predicted molar refractivity (Wildman–Crippen MR) is 77.4 cm³/mol. The van der Waals surface area contributed by atoms with Crippen molar-refractivity contribution in [2.45, 2.75) is 0 Å². The molecule has 0 amide bonds. The SMILES string of the molecule is c1cc2sccc2c(NCCN2CCNCC2)n1. The average Bonchev–Trinajstić information content (AvgIpc) is 2.89. The van der Waals surface area contributed by atoms with Crippen LogP contribution < -0.4 is 10.6 Å². The minimum absolute atomic E-state index is 0.960. The van der Waals surface area contributed by atoms with E-state index in [1.807, 2.05) is 6.20 Å². The summed E-state index contributed by atoms with van der Waals surface area (Å²) in [5.74, 6) is 1.02. The summed E-state index contributed by atoms with van der Waals surface area (Å²) in [5.41, 5.74) is 0. The Morgan fingerprint density at radius 3 is 3.11 bits per heavy atom. The van der Waals surface area contributed by atoms with Crippen LogP contribution in [0.2, 0.25) is 0 Å². The summed E-state index contributed by atoms with van der Waals surface area (Å²) in [7, 11) is 0. The molecule has 2 N–H and O–H groups in total. The van der Waals surface area contributed by atoms with Gasteiger partial charge in [-0.05, 0) is 17.5 Å². The summed E-state index contributed by atoms with van der Waals surface area (Å²) in [6.07, 6.45) is 1.88. The third-order valence-electron chi connectivity index (χ3n) is 3.31. The molecule has 3 heterocycles. The molecule has 0 aliphatic carbocycles. The quantitative estimate of drug-likeness (QED) is 0.878. The highest BCUT2D eigenvalue weighted by Crippen LogP contribution is 2.25. The first-order valence-corrected chi connectivity index (χ1v) is 7.30. The second-order valence-electron chi connectivity index (χ2n) is 4.51. The fourth-order valence-corrected chi connectivity index (χ4v) is 3.08. The zero-order chi connectivity index (χ0) is 12.2. The molecule has 0 spiro atoms. The molecule has 1 aliphatic rings. The second-order valence-corrected chi connectivity index (χ2v) is 5.46. The number of thiophene rings is 1. The Hall–Kier alpha value is -1.17. The van der Waals surface area contributed by atoms with Crippen molar-refractivity contribution in [2.24, 2.45) is 0 Å². The molecule has 4 nitrogen and oxygen atoms in total. The summed E-state index contributed by atoms with van der Waals surface area (Å²) < 4.78 is 1.30. The first kappa shape index (κ1) is 11.9. The van der Waals surface area contributed by atoms with Crippen LogP contribution in [0.5, 0.6) is 0 Å². The molecule has 0 unspecified atom stereocenters. The van der Waals surface area contributed by atoms with E-state index in [1.165, 1.54) is 10.1 Å². The first-order chi connectivity index (χ1) is 8.93. The van der Waals surface area contributed by atoms with Gasteiger partial charge in [0.2, 0.25) is 0 Å². The van der Waals surface area contributed by atoms with E-state index in [0.717, 1.165) is 45.1 Å². The van der Waals surface area contributed by atoms with Crippen LogP contribution in [0.3, 0.4) is 0 Å². The van der Waals surface area contributed by atoms with E-state index < -0.39 is 0 Å². The maximum Gasteiger partial charge on any atom is 0.134 e. The summed E-state index contributed by atoms with van der Waals surface area (Å²) in [6.45, 7) is 6.57. The molecule has 2 aromatic rings. The Kier molecular flexibility index (Phi) is 3.73. The van der Waals surface area contributed by atoms with Crippen molar-refractivity contribution in [2.75, 3.05) is 44.6 Å². The number of anilines is 1. The van der Waals surface area contributed by atoms with E-state index in [2.05, 4.69) is 38.0 Å². The molecule has 1 saturated heterocycles. The molecule has 1 aliphatic heterocycles. The van der Waals surface area contributed by atoms with Crippen LogP contribution >= 0.6 is 11.3 Å². The zero-order valence-corrected chi connectivity index (χ0v) is 11.2. The molecule has 5 heteroatoms. The van der Waals surface area contributed by atoms with Gasteiger partial charge in [0, 0.05) is 55.6 Å². The number of aromatic nitrogens is 1. The molecule has 18 heavy (non-hydrogen) atoms. The normalized spacial score (nSPS) is 17.1. The molecule has 0 bridgehead atoms. The Morgan fingerprint density at radius 1 is 1.33 bits per heavy atom. The Bertz CT molecular complexity index is 504. The molecule has 0 atom stereocenters. The number of nitrogens with zero attached hydrogens (tertiary/aromatic N) is 2. The first-order valence-electron chi connectivity index (χ1n) is 6.42. The number of hydrogen-bond acceptors (Lipinski definition) is 5. The van der Waals surface area contributed by atoms with Crippen molar-refractivity contribution in [1.29, 1.82) is 0 Å². The summed E-state index contributed by atoms with van der Waals surface area (Å²) in [5, 5.41) is 10.2. The van der Waals surface area contributed by atoms with Gasteiger partial charge in [-0.25, -0.2) is 4.98 Å². The Labute approximate surface area is 111 Å². The smallest absolute Gasteiger partial charge is 0.134 e. The lowest BCUT2D eigenvalue weighted by atomic mass is 10.3. The van der Waals surface area contributed by atoms with Crippen molar-refractivity contribution in [3.63, 3.8) is 0 Å². The maximum atomic E-state index is 4.43. The van der Waals surface area contributed by atoms with Gasteiger partial charge in [-0.15, -0.1) is 11.3 Å². The van der Waals surface area contributed by atoms with E-state index >= 15 is 0 Å². The standard InChI is InChI=1S/C13H18N4S/c1-3-15-13(11-2-10-18-12(1)11)16-6-9-17-7-4-14-5-8-17/h1-3,10,14H,4-9H2,(H,15,16). The third-order valence-corrected chi connectivity index (χ3v) is 4.19. The molecule has 3 rings (SSSR count). The Balaban J connectivity index is 1.57. The van der Waals surface area contributed by atoms with Crippen LogP contribution in [0, 0.1) is 0 Å². The van der Waals surface area contributed by atoms with E-state index in [4.69, 9.17) is 0 Å². The van der Waals surface area contributed by atoms with Crippen LogP contribution in [0.25, 0.3) is 10.1 Å². The summed E-state index contributed by atoms with van der Waals surface area (Å²) in [4.78, 5) is 6.91. The highest BCUT2D eigenvalue weighted by atomic mass is 32.1. The van der Waals surface area contributed by atoms with Crippen molar-refractivity contribution >= 4 is 27.2 Å². The van der Waals surface area contributed by atoms with E-state index in [0.29, 0.717) is 0 Å². The van der Waals surface area contributed by atoms with Gasteiger partial charge in [-0.3, -0.25) is 4.90 Å². The van der Waals surface area contributed by atoms with Crippen LogP contribution in [0.4, 0.5) is 5.82 Å². The molecule has 96 valence electrons. The number of pyridine rings is 1. The minimum atomic E-state index is 0.960. The number of nitrogens with one attached hydrogen (secondary N) is 2. The molecule has 1 fully saturated rings. The lowest BCUT2D eigenvalue weighted by Crippen LogP contribution is -2.45. The largest absolute Gasteiger partial charge is 0.368 e. The van der Waals surface area contributed by atoms with Gasteiger partial charge < -0.3 is 10.6 Å². The number of fused-ring (bicyclic) bond motifs is 1. The zero-order valence-electron chi connectivity index (χ0n) is 10.4. The van der Waals surface area contributed by atoms with Gasteiger partial charge in [0.1, 0.15) is 5.82 Å². The van der Waals surface area contributed by atoms with E-state index in [-0.39, 0.29) is 0 Å². The minimum Gasteiger partial charge on any atom is -0.368 e. The summed E-state index contributed by atoms with van der Waals surface area (Å²) >= 11 is 1.76. The van der Waals surface area contributed by atoms with Crippen LogP contribution in [-0.4, -0.2) is 49.2 Å². The van der Waals surface area contributed by atoms with Gasteiger partial charge >= 0.3 is 0 Å². The molecule has 2 aromatic heterocycles. The maximum absolute atomic E-state index is 4.43. The van der Waals surface area contributed by atoms with Gasteiger partial charge in [-0.2, -0.15) is 0 Å². The number of rotatable bonds is 4. The molecule has 0 radical (unpaired) electrons. The van der Waals surface area contributed by atoms with Gasteiger partial charge in [0.05, 0.1) is 0 Å². The van der Waals surface area contributed by atoms with Crippen LogP contribution in [0.15, 0.2) is 23.7 Å². The van der Waals surface area contributed by atoms with E-state index in [1.54, 1.807) is 11.3 Å². The molecular weight excluding hydrogens is 244 g/mol. The summed E-state index contributed by atoms with van der Waals surface area (Å²) in [6, 6.07) is 4.21. The lowest BCUT2D eigenvalue weighted by Gasteiger charge is -2.27. The second kappa shape index (κ2) is 5.65. The number of hydrogen-bond donors (Lipinski definition) is 2. The molecule has 0 saturated carbocycles. The monoisotopic (exact) mass is 262 g/mol. The van der Waals surface area contributed by atoms with Crippen molar-refractivity contribution in [1.82, 2.24) is 15.2 Å². The van der Waals surface area contributed by atoms with Crippen molar-refractivity contribution < 1.29 is 0 Å². The van der Waals surface area contributed by atoms with Gasteiger partial charge in [0.15, 0.2) is 0 Å². The third kappa shape index (κ3) is 2.63. The predicted octanol–water partition coefficient (Wildman–Crippen LogP) is 1.61. The van der Waals surface area contributed by atoms with Crippen molar-refractivity contribution in [3.8, 4) is 0 Å². The topological polar surface area (TPSA) is 40.2 Å². The average molecular weight is 262 g/mol.